The number of nitrogens with zero attached hydrogens (tertiary/aromatic N) is 3. The largest absolute Gasteiger partial charge is 0.353 e. The van der Waals surface area contributed by atoms with E-state index in [4.69, 9.17) is 0 Å². The van der Waals surface area contributed by atoms with Gasteiger partial charge in [-0.05, 0) is 31.3 Å². The van der Waals surface area contributed by atoms with Gasteiger partial charge in [0.05, 0.1) is 17.8 Å². The van der Waals surface area contributed by atoms with Crippen molar-refractivity contribution in [3.05, 3.63) is 60.2 Å². The lowest BCUT2D eigenvalue weighted by atomic mass is 10.3. The molecule has 0 fully saturated rings. The molecule has 2 aromatic rings. The van der Waals surface area contributed by atoms with Crippen molar-refractivity contribution < 1.29 is 9.59 Å². The lowest BCUT2D eigenvalue weighted by Crippen LogP contribution is -2.39. The number of hydrogen-bond donors (Lipinski definition) is 2. The Balaban J connectivity index is 1.62. The van der Waals surface area contributed by atoms with Crippen LogP contribution in [0.5, 0.6) is 0 Å². The second kappa shape index (κ2) is 9.36. The summed E-state index contributed by atoms with van der Waals surface area (Å²) < 4.78 is 0. The monoisotopic (exact) mass is 327 g/mol. The van der Waals surface area contributed by atoms with E-state index < -0.39 is 0 Å². The minimum atomic E-state index is -0.204. The average Bonchev–Trinajstić information content (AvgIpc) is 2.60. The Kier molecular flexibility index (Phi) is 6.85. The van der Waals surface area contributed by atoms with Gasteiger partial charge < -0.3 is 10.6 Å². The van der Waals surface area contributed by atoms with Crippen molar-refractivity contribution in [3.8, 4) is 0 Å². The molecule has 2 rings (SSSR count). The van der Waals surface area contributed by atoms with E-state index in [1.165, 1.54) is 6.20 Å². The van der Waals surface area contributed by atoms with Crippen LogP contribution in [0.3, 0.4) is 0 Å². The SMILES string of the molecule is CN(CC(=O)NCCNC(=O)c1cccnc1)Cc1ccccn1. The van der Waals surface area contributed by atoms with E-state index in [0.717, 1.165) is 5.69 Å². The van der Waals surface area contributed by atoms with Gasteiger partial charge in [-0.3, -0.25) is 24.5 Å². The lowest BCUT2D eigenvalue weighted by Gasteiger charge is -2.15. The summed E-state index contributed by atoms with van der Waals surface area (Å²) in [6, 6.07) is 9.08. The first-order valence-electron chi connectivity index (χ1n) is 7.68. The third-order valence-corrected chi connectivity index (χ3v) is 3.23. The molecule has 0 unspecified atom stereocenters. The molecule has 0 aromatic carbocycles. The van der Waals surface area contributed by atoms with Crippen LogP contribution in [-0.4, -0.2) is 53.4 Å². The van der Waals surface area contributed by atoms with Gasteiger partial charge in [-0.1, -0.05) is 6.07 Å². The number of rotatable bonds is 8. The normalized spacial score (nSPS) is 10.4. The summed E-state index contributed by atoms with van der Waals surface area (Å²) >= 11 is 0. The Morgan fingerprint density at radius 3 is 2.62 bits per heavy atom. The van der Waals surface area contributed by atoms with Crippen LogP contribution in [0.15, 0.2) is 48.9 Å². The standard InChI is InChI=1S/C17H21N5O2/c1-22(12-15-6-2-3-8-19-15)13-16(23)20-9-10-21-17(24)14-5-4-7-18-11-14/h2-8,11H,9-10,12-13H2,1H3,(H,20,23)(H,21,24). The quantitative estimate of drug-likeness (QED) is 0.688. The van der Waals surface area contributed by atoms with Crippen molar-refractivity contribution in [2.24, 2.45) is 0 Å². The van der Waals surface area contributed by atoms with E-state index in [1.807, 2.05) is 30.1 Å². The van der Waals surface area contributed by atoms with E-state index in [9.17, 15) is 9.59 Å². The summed E-state index contributed by atoms with van der Waals surface area (Å²) in [4.78, 5) is 33.6. The van der Waals surface area contributed by atoms with Gasteiger partial charge in [-0.2, -0.15) is 0 Å². The summed E-state index contributed by atoms with van der Waals surface area (Å²) in [5.74, 6) is -0.298. The summed E-state index contributed by atoms with van der Waals surface area (Å²) in [6.45, 7) is 1.62. The predicted octanol–water partition coefficient (Wildman–Crippen LogP) is 0.455. The fourth-order valence-electron chi connectivity index (χ4n) is 2.10. The van der Waals surface area contributed by atoms with Crippen LogP contribution in [0.4, 0.5) is 0 Å². The third kappa shape index (κ3) is 6.13. The first-order valence-corrected chi connectivity index (χ1v) is 7.68. The van der Waals surface area contributed by atoms with Gasteiger partial charge in [0.15, 0.2) is 0 Å². The molecule has 0 aliphatic rings. The van der Waals surface area contributed by atoms with Gasteiger partial charge >= 0.3 is 0 Å². The zero-order valence-corrected chi connectivity index (χ0v) is 13.6. The Bertz CT molecular complexity index is 649. The van der Waals surface area contributed by atoms with Crippen LogP contribution >= 0.6 is 0 Å². The second-order valence-electron chi connectivity index (χ2n) is 5.34. The highest BCUT2D eigenvalue weighted by Crippen LogP contribution is 1.98. The number of carbonyl (C=O) groups excluding carboxylic acids is 2. The van der Waals surface area contributed by atoms with Crippen molar-refractivity contribution in [1.29, 1.82) is 0 Å². The summed E-state index contributed by atoms with van der Waals surface area (Å²) in [7, 11) is 1.86. The Labute approximate surface area is 141 Å². The van der Waals surface area contributed by atoms with Gasteiger partial charge in [0.25, 0.3) is 5.91 Å². The fraction of sp³-hybridized carbons (Fsp3) is 0.294. The molecule has 2 amide bonds. The van der Waals surface area contributed by atoms with Crippen LogP contribution in [0.1, 0.15) is 16.1 Å². The van der Waals surface area contributed by atoms with Crippen LogP contribution in [-0.2, 0) is 11.3 Å². The van der Waals surface area contributed by atoms with Gasteiger partial charge in [-0.15, -0.1) is 0 Å². The molecule has 2 aromatic heterocycles. The van der Waals surface area contributed by atoms with Crippen molar-refractivity contribution >= 4 is 11.8 Å². The highest BCUT2D eigenvalue weighted by atomic mass is 16.2. The van der Waals surface area contributed by atoms with Gasteiger partial charge in [0.2, 0.25) is 5.91 Å². The van der Waals surface area contributed by atoms with Crippen LogP contribution in [0.25, 0.3) is 0 Å². The van der Waals surface area contributed by atoms with Crippen molar-refractivity contribution in [3.63, 3.8) is 0 Å². The molecule has 24 heavy (non-hydrogen) atoms. The molecule has 0 saturated heterocycles. The molecule has 0 bridgehead atoms. The number of pyridine rings is 2. The maximum Gasteiger partial charge on any atom is 0.252 e. The first-order chi connectivity index (χ1) is 11.6. The number of carbonyl (C=O) groups is 2. The number of amides is 2. The van der Waals surface area contributed by atoms with E-state index >= 15 is 0 Å². The highest BCUT2D eigenvalue weighted by molar-refractivity contribution is 5.93. The number of hydrogen-bond acceptors (Lipinski definition) is 5. The minimum absolute atomic E-state index is 0.0935. The van der Waals surface area contributed by atoms with Crippen LogP contribution < -0.4 is 10.6 Å². The third-order valence-electron chi connectivity index (χ3n) is 3.23. The first kappa shape index (κ1) is 17.6. The van der Waals surface area contributed by atoms with Crippen molar-refractivity contribution in [2.45, 2.75) is 6.54 Å². The van der Waals surface area contributed by atoms with Crippen molar-refractivity contribution in [1.82, 2.24) is 25.5 Å². The maximum atomic E-state index is 11.9. The molecule has 0 saturated carbocycles. The molecule has 2 heterocycles. The molecular weight excluding hydrogens is 306 g/mol. The summed E-state index contributed by atoms with van der Waals surface area (Å²) in [5, 5.41) is 5.51. The van der Waals surface area contributed by atoms with Crippen LogP contribution in [0, 0.1) is 0 Å². The van der Waals surface area contributed by atoms with Gasteiger partial charge in [0, 0.05) is 38.2 Å². The number of aromatic nitrogens is 2. The minimum Gasteiger partial charge on any atom is -0.353 e. The van der Waals surface area contributed by atoms with E-state index in [-0.39, 0.29) is 18.4 Å². The Morgan fingerprint density at radius 2 is 1.92 bits per heavy atom. The molecule has 0 aliphatic heterocycles. The molecule has 2 N–H and O–H groups in total. The van der Waals surface area contributed by atoms with E-state index in [1.54, 1.807) is 24.5 Å². The Hall–Kier alpha value is -2.80. The van der Waals surface area contributed by atoms with Crippen LogP contribution in [0.2, 0.25) is 0 Å². The van der Waals surface area contributed by atoms with E-state index in [2.05, 4.69) is 20.6 Å². The summed E-state index contributed by atoms with van der Waals surface area (Å²) in [5.41, 5.74) is 1.41. The second-order valence-corrected chi connectivity index (χ2v) is 5.34. The molecule has 126 valence electrons. The smallest absolute Gasteiger partial charge is 0.252 e. The van der Waals surface area contributed by atoms with Gasteiger partial charge in [0.1, 0.15) is 0 Å². The van der Waals surface area contributed by atoms with Crippen molar-refractivity contribution in [2.75, 3.05) is 26.7 Å². The number of likely N-dealkylation sites (N-methyl/N-ethyl adjacent to an activating group) is 1. The molecule has 0 aliphatic carbocycles. The topological polar surface area (TPSA) is 87.2 Å². The fourth-order valence-corrected chi connectivity index (χ4v) is 2.10. The highest BCUT2D eigenvalue weighted by Gasteiger charge is 2.08. The molecular formula is C17H21N5O2. The van der Waals surface area contributed by atoms with Gasteiger partial charge in [-0.25, -0.2) is 0 Å². The zero-order chi connectivity index (χ0) is 17.2. The Morgan fingerprint density at radius 1 is 1.08 bits per heavy atom. The van der Waals surface area contributed by atoms with E-state index in [0.29, 0.717) is 25.2 Å². The molecule has 7 nitrogen and oxygen atoms in total. The number of nitrogens with one attached hydrogen (secondary N) is 2. The average molecular weight is 327 g/mol. The maximum absolute atomic E-state index is 11.9. The zero-order valence-electron chi connectivity index (χ0n) is 13.6. The molecule has 0 radical (unpaired) electrons. The molecule has 0 atom stereocenters. The molecule has 7 heteroatoms. The lowest BCUT2D eigenvalue weighted by molar-refractivity contribution is -0.122. The molecule has 0 spiro atoms. The predicted molar refractivity (Wildman–Crippen MR) is 90.2 cm³/mol. The summed E-state index contributed by atoms with van der Waals surface area (Å²) in [6.07, 6.45) is 4.84.